The summed E-state index contributed by atoms with van der Waals surface area (Å²) in [6.07, 6.45) is 0. The Morgan fingerprint density at radius 3 is 2.24 bits per heavy atom. The zero-order valence-electron chi connectivity index (χ0n) is 18.7. The van der Waals surface area contributed by atoms with E-state index in [0.29, 0.717) is 48.2 Å². The molecule has 0 saturated carbocycles. The lowest BCUT2D eigenvalue weighted by Crippen LogP contribution is -2.32. The molecule has 7 nitrogen and oxygen atoms in total. The number of rotatable bonds is 5. The van der Waals surface area contributed by atoms with Crippen LogP contribution in [0.5, 0.6) is 11.5 Å². The first-order valence-corrected chi connectivity index (χ1v) is 11.1. The highest BCUT2D eigenvalue weighted by Crippen LogP contribution is 2.34. The van der Waals surface area contributed by atoms with E-state index in [1.165, 1.54) is 4.68 Å². The molecule has 0 spiro atoms. The smallest absolute Gasteiger partial charge is 0.280 e. The van der Waals surface area contributed by atoms with E-state index in [1.807, 2.05) is 67.6 Å². The molecule has 0 atom stereocenters. The highest BCUT2D eigenvalue weighted by atomic mass is 16.6. The van der Waals surface area contributed by atoms with Crippen LogP contribution in [0, 0.1) is 0 Å². The van der Waals surface area contributed by atoms with Crippen LogP contribution in [0.15, 0.2) is 83.7 Å². The van der Waals surface area contributed by atoms with Crippen LogP contribution in [0.1, 0.15) is 17.3 Å². The average Bonchev–Trinajstić information content (AvgIpc) is 2.89. The highest BCUT2D eigenvalue weighted by molar-refractivity contribution is 6.10. The van der Waals surface area contributed by atoms with Gasteiger partial charge in [0.1, 0.15) is 18.8 Å². The topological polar surface area (TPSA) is 82.5 Å². The molecule has 7 heteroatoms. The maximum absolute atomic E-state index is 13.6. The molecule has 1 aliphatic rings. The first-order valence-electron chi connectivity index (χ1n) is 11.1. The molecule has 1 aliphatic heterocycles. The summed E-state index contributed by atoms with van der Waals surface area (Å²) in [4.78, 5) is 27.1. The van der Waals surface area contributed by atoms with E-state index in [-0.39, 0.29) is 5.56 Å². The predicted molar refractivity (Wildman–Crippen MR) is 130 cm³/mol. The molecule has 1 N–H and O–H groups in total. The second-order valence-corrected chi connectivity index (χ2v) is 7.76. The molecule has 0 aliphatic carbocycles. The van der Waals surface area contributed by atoms with Crippen LogP contribution < -0.4 is 20.3 Å². The van der Waals surface area contributed by atoms with Crippen molar-refractivity contribution in [2.75, 3.05) is 18.5 Å². The molecule has 0 fully saturated rings. The molecule has 1 amide bonds. The third-order valence-electron chi connectivity index (χ3n) is 5.59. The zero-order valence-corrected chi connectivity index (χ0v) is 18.7. The second-order valence-electron chi connectivity index (χ2n) is 7.76. The summed E-state index contributed by atoms with van der Waals surface area (Å²) in [5, 5.41) is 7.51. The molecule has 4 aromatic rings. The summed E-state index contributed by atoms with van der Waals surface area (Å²) in [6, 6.07) is 24.1. The van der Waals surface area contributed by atoms with Gasteiger partial charge in [-0.25, -0.2) is 4.68 Å². The van der Waals surface area contributed by atoms with Crippen LogP contribution in [-0.2, 0) is 6.54 Å². The highest BCUT2D eigenvalue weighted by Gasteiger charge is 2.25. The van der Waals surface area contributed by atoms with Crippen molar-refractivity contribution in [1.82, 2.24) is 9.78 Å². The van der Waals surface area contributed by atoms with E-state index < -0.39 is 11.5 Å². The minimum Gasteiger partial charge on any atom is -0.486 e. The Kier molecular flexibility index (Phi) is 5.82. The largest absolute Gasteiger partial charge is 0.486 e. The number of benzene rings is 3. The van der Waals surface area contributed by atoms with E-state index in [1.54, 1.807) is 18.2 Å². The Hall–Kier alpha value is -4.39. The number of anilines is 1. The van der Waals surface area contributed by atoms with Gasteiger partial charge in [0.25, 0.3) is 11.5 Å². The van der Waals surface area contributed by atoms with Crippen LogP contribution in [0.3, 0.4) is 0 Å². The van der Waals surface area contributed by atoms with Gasteiger partial charge < -0.3 is 14.8 Å². The van der Waals surface area contributed by atoms with Crippen molar-refractivity contribution in [3.8, 4) is 33.9 Å². The fourth-order valence-corrected chi connectivity index (χ4v) is 3.99. The van der Waals surface area contributed by atoms with Crippen LogP contribution in [-0.4, -0.2) is 28.9 Å². The second kappa shape index (κ2) is 9.23. The number of aromatic nitrogens is 2. The maximum atomic E-state index is 13.6. The maximum Gasteiger partial charge on any atom is 0.280 e. The summed E-state index contributed by atoms with van der Waals surface area (Å²) in [5.41, 5.74) is 2.72. The predicted octanol–water partition coefficient (Wildman–Crippen LogP) is 4.62. The fraction of sp³-hybridized carbons (Fsp3) is 0.148. The number of nitrogens with one attached hydrogen (secondary N) is 1. The lowest BCUT2D eigenvalue weighted by molar-refractivity contribution is 0.102. The standard InChI is InChI=1S/C27H23N3O4/c1-2-30-27(32)24(26(31)28-20-13-14-21-22(17-20)34-16-15-33-21)23(18-9-5-3-6-10-18)25(29-30)19-11-7-4-8-12-19/h3-14,17H,2,15-16H2,1H3,(H,28,31). The van der Waals surface area contributed by atoms with Gasteiger partial charge in [-0.05, 0) is 24.6 Å². The fourth-order valence-electron chi connectivity index (χ4n) is 3.99. The minimum atomic E-state index is -0.512. The quantitative estimate of drug-likeness (QED) is 0.477. The molecule has 0 radical (unpaired) electrons. The van der Waals surface area contributed by atoms with Gasteiger partial charge in [-0.3, -0.25) is 9.59 Å². The van der Waals surface area contributed by atoms with Gasteiger partial charge in [0.05, 0.1) is 5.69 Å². The van der Waals surface area contributed by atoms with E-state index in [4.69, 9.17) is 9.47 Å². The van der Waals surface area contributed by atoms with Crippen LogP contribution >= 0.6 is 0 Å². The number of nitrogens with zero attached hydrogens (tertiary/aromatic N) is 2. The van der Waals surface area contributed by atoms with Gasteiger partial charge in [0, 0.05) is 29.4 Å². The molecule has 2 heterocycles. The minimum absolute atomic E-state index is 0.0387. The Morgan fingerprint density at radius 2 is 1.56 bits per heavy atom. The van der Waals surface area contributed by atoms with Crippen molar-refractivity contribution in [3.63, 3.8) is 0 Å². The van der Waals surface area contributed by atoms with Gasteiger partial charge in [0.15, 0.2) is 11.5 Å². The number of carbonyl (C=O) groups is 1. The molecule has 3 aromatic carbocycles. The molecule has 0 saturated heterocycles. The molecule has 170 valence electrons. The Labute approximate surface area is 196 Å². The van der Waals surface area contributed by atoms with E-state index >= 15 is 0 Å². The van der Waals surface area contributed by atoms with Crippen LogP contribution in [0.4, 0.5) is 5.69 Å². The Morgan fingerprint density at radius 1 is 0.912 bits per heavy atom. The number of aryl methyl sites for hydroxylation is 1. The third-order valence-corrected chi connectivity index (χ3v) is 5.59. The van der Waals surface area contributed by atoms with E-state index in [2.05, 4.69) is 10.4 Å². The molecular formula is C27H23N3O4. The first-order chi connectivity index (χ1) is 16.7. The molecule has 1 aromatic heterocycles. The van der Waals surface area contributed by atoms with Gasteiger partial charge in [-0.2, -0.15) is 5.10 Å². The number of hydrogen-bond acceptors (Lipinski definition) is 5. The van der Waals surface area contributed by atoms with Gasteiger partial charge in [-0.1, -0.05) is 60.7 Å². The lowest BCUT2D eigenvalue weighted by Gasteiger charge is -2.19. The molecule has 0 bridgehead atoms. The van der Waals surface area contributed by atoms with Crippen molar-refractivity contribution in [1.29, 1.82) is 0 Å². The van der Waals surface area contributed by atoms with Crippen LogP contribution in [0.25, 0.3) is 22.4 Å². The molecular weight excluding hydrogens is 430 g/mol. The van der Waals surface area contributed by atoms with E-state index in [0.717, 1.165) is 11.1 Å². The summed E-state index contributed by atoms with van der Waals surface area (Å²) < 4.78 is 12.5. The Bertz CT molecular complexity index is 1400. The number of carbonyl (C=O) groups excluding carboxylic acids is 1. The zero-order chi connectivity index (χ0) is 23.5. The number of amides is 1. The van der Waals surface area contributed by atoms with Gasteiger partial charge in [-0.15, -0.1) is 0 Å². The lowest BCUT2D eigenvalue weighted by atomic mass is 9.95. The van der Waals surface area contributed by atoms with Crippen molar-refractivity contribution >= 4 is 11.6 Å². The normalized spacial score (nSPS) is 12.3. The third kappa shape index (κ3) is 4.03. The first kappa shape index (κ1) is 21.5. The van der Waals surface area contributed by atoms with Gasteiger partial charge >= 0.3 is 0 Å². The van der Waals surface area contributed by atoms with Gasteiger partial charge in [0.2, 0.25) is 0 Å². The summed E-state index contributed by atoms with van der Waals surface area (Å²) >= 11 is 0. The van der Waals surface area contributed by atoms with Crippen molar-refractivity contribution in [3.05, 3.63) is 94.8 Å². The molecule has 0 unspecified atom stereocenters. The Balaban J connectivity index is 1.68. The SMILES string of the molecule is CCn1nc(-c2ccccc2)c(-c2ccccc2)c(C(=O)Nc2ccc3c(c2)OCCO3)c1=O. The van der Waals surface area contributed by atoms with Crippen molar-refractivity contribution in [2.24, 2.45) is 0 Å². The summed E-state index contributed by atoms with van der Waals surface area (Å²) in [5.74, 6) is 0.665. The number of fused-ring (bicyclic) bond motifs is 1. The monoisotopic (exact) mass is 453 g/mol. The van der Waals surface area contributed by atoms with Crippen LogP contribution in [0.2, 0.25) is 0 Å². The molecule has 34 heavy (non-hydrogen) atoms. The van der Waals surface area contributed by atoms with Crippen molar-refractivity contribution in [2.45, 2.75) is 13.5 Å². The molecule has 5 rings (SSSR count). The summed E-state index contributed by atoms with van der Waals surface area (Å²) in [6.45, 7) is 3.08. The number of hydrogen-bond donors (Lipinski definition) is 1. The van der Waals surface area contributed by atoms with E-state index in [9.17, 15) is 9.59 Å². The summed E-state index contributed by atoms with van der Waals surface area (Å²) in [7, 11) is 0. The average molecular weight is 453 g/mol. The van der Waals surface area contributed by atoms with Crippen molar-refractivity contribution < 1.29 is 14.3 Å². The number of ether oxygens (including phenoxy) is 2.